The summed E-state index contributed by atoms with van der Waals surface area (Å²) in [6.07, 6.45) is 2.00. The molecule has 3 aromatic carbocycles. The third kappa shape index (κ3) is 2.36. The SMILES string of the molecule is O=C(Nc1ccc2c3c(cccc13)CC2)c1cc(F)cc(F)c1. The number of carbonyl (C=O) groups excluding carboxylic acids is 1. The molecule has 1 amide bonds. The standard InChI is InChI=1S/C19H13F2NO/c20-14-8-13(9-15(21)10-14)19(23)22-17-7-6-12-5-4-11-2-1-3-16(17)18(11)12/h1-3,6-10H,4-5H2,(H,22,23). The van der Waals surface area contributed by atoms with Gasteiger partial charge in [0.25, 0.3) is 5.91 Å². The van der Waals surface area contributed by atoms with Gasteiger partial charge in [0.05, 0.1) is 0 Å². The normalized spacial score (nSPS) is 12.6. The van der Waals surface area contributed by atoms with Crippen LogP contribution in [0, 0.1) is 11.6 Å². The summed E-state index contributed by atoms with van der Waals surface area (Å²) < 4.78 is 26.5. The quantitative estimate of drug-likeness (QED) is 0.743. The van der Waals surface area contributed by atoms with Crippen LogP contribution in [-0.2, 0) is 12.8 Å². The topological polar surface area (TPSA) is 29.1 Å². The van der Waals surface area contributed by atoms with Crippen LogP contribution < -0.4 is 5.32 Å². The number of rotatable bonds is 2. The molecule has 0 radical (unpaired) electrons. The van der Waals surface area contributed by atoms with Gasteiger partial charge in [-0.05, 0) is 47.6 Å². The van der Waals surface area contributed by atoms with Gasteiger partial charge in [0.2, 0.25) is 0 Å². The third-order valence-corrected chi connectivity index (χ3v) is 4.25. The van der Waals surface area contributed by atoms with Gasteiger partial charge in [-0.3, -0.25) is 4.79 Å². The first-order valence-electron chi connectivity index (χ1n) is 7.43. The zero-order chi connectivity index (χ0) is 16.0. The first-order chi connectivity index (χ1) is 11.1. The van der Waals surface area contributed by atoms with E-state index in [1.165, 1.54) is 16.5 Å². The van der Waals surface area contributed by atoms with Gasteiger partial charge < -0.3 is 5.32 Å². The van der Waals surface area contributed by atoms with E-state index < -0.39 is 17.5 Å². The van der Waals surface area contributed by atoms with Crippen molar-refractivity contribution >= 4 is 22.4 Å². The number of hydrogen-bond donors (Lipinski definition) is 1. The van der Waals surface area contributed by atoms with E-state index >= 15 is 0 Å². The molecule has 0 atom stereocenters. The van der Waals surface area contributed by atoms with Crippen LogP contribution in [-0.4, -0.2) is 5.91 Å². The number of nitrogens with one attached hydrogen (secondary N) is 1. The van der Waals surface area contributed by atoms with Gasteiger partial charge in [-0.2, -0.15) is 0 Å². The number of hydrogen-bond acceptors (Lipinski definition) is 1. The van der Waals surface area contributed by atoms with Crippen LogP contribution >= 0.6 is 0 Å². The highest BCUT2D eigenvalue weighted by molar-refractivity contribution is 6.10. The van der Waals surface area contributed by atoms with Gasteiger partial charge in [-0.15, -0.1) is 0 Å². The second kappa shape index (κ2) is 5.16. The zero-order valence-electron chi connectivity index (χ0n) is 12.2. The summed E-state index contributed by atoms with van der Waals surface area (Å²) in [4.78, 5) is 12.3. The Hall–Kier alpha value is -2.75. The minimum Gasteiger partial charge on any atom is -0.321 e. The van der Waals surface area contributed by atoms with Gasteiger partial charge in [0, 0.05) is 22.7 Å². The molecule has 1 aliphatic carbocycles. The van der Waals surface area contributed by atoms with Crippen LogP contribution in [0.4, 0.5) is 14.5 Å². The monoisotopic (exact) mass is 309 g/mol. The second-order valence-electron chi connectivity index (χ2n) is 5.72. The Morgan fingerprint density at radius 3 is 2.35 bits per heavy atom. The molecule has 23 heavy (non-hydrogen) atoms. The van der Waals surface area contributed by atoms with Gasteiger partial charge in [0.15, 0.2) is 0 Å². The maximum atomic E-state index is 13.3. The lowest BCUT2D eigenvalue weighted by Crippen LogP contribution is -2.13. The Morgan fingerprint density at radius 1 is 0.913 bits per heavy atom. The molecule has 2 nitrogen and oxygen atoms in total. The Labute approximate surface area is 131 Å². The van der Waals surface area contributed by atoms with Crippen molar-refractivity contribution in [3.8, 4) is 0 Å². The molecule has 1 N–H and O–H groups in total. The Morgan fingerprint density at radius 2 is 1.61 bits per heavy atom. The summed E-state index contributed by atoms with van der Waals surface area (Å²) in [5.74, 6) is -2.06. The van der Waals surface area contributed by atoms with Crippen LogP contribution in [0.1, 0.15) is 21.5 Å². The average molecular weight is 309 g/mol. The number of halogens is 2. The van der Waals surface area contributed by atoms with Gasteiger partial charge in [0.1, 0.15) is 11.6 Å². The molecule has 3 aromatic rings. The minimum atomic E-state index is -0.768. The molecule has 0 saturated carbocycles. The van der Waals surface area contributed by atoms with Crippen LogP contribution in [0.15, 0.2) is 48.5 Å². The van der Waals surface area contributed by atoms with Crippen molar-refractivity contribution < 1.29 is 13.6 Å². The number of carbonyl (C=O) groups is 1. The number of anilines is 1. The average Bonchev–Trinajstić information content (AvgIpc) is 2.94. The van der Waals surface area contributed by atoms with Crippen LogP contribution in [0.5, 0.6) is 0 Å². The summed E-state index contributed by atoms with van der Waals surface area (Å²) in [6.45, 7) is 0. The summed E-state index contributed by atoms with van der Waals surface area (Å²) in [5.41, 5.74) is 3.16. The molecule has 0 heterocycles. The molecule has 0 aromatic heterocycles. The fraction of sp³-hybridized carbons (Fsp3) is 0.105. The smallest absolute Gasteiger partial charge is 0.255 e. The van der Waals surface area contributed by atoms with E-state index in [1.807, 2.05) is 24.3 Å². The lowest BCUT2D eigenvalue weighted by Gasteiger charge is -2.11. The molecule has 0 fully saturated rings. The van der Waals surface area contributed by atoms with Crippen molar-refractivity contribution in [3.63, 3.8) is 0 Å². The first kappa shape index (κ1) is 13.9. The third-order valence-electron chi connectivity index (χ3n) is 4.25. The van der Waals surface area contributed by atoms with E-state index in [0.29, 0.717) is 5.69 Å². The van der Waals surface area contributed by atoms with E-state index in [0.717, 1.165) is 36.4 Å². The lowest BCUT2D eigenvalue weighted by molar-refractivity contribution is 0.102. The summed E-state index contributed by atoms with van der Waals surface area (Å²) in [7, 11) is 0. The number of benzene rings is 3. The predicted octanol–water partition coefficient (Wildman–Crippen LogP) is 4.47. The van der Waals surface area contributed by atoms with E-state index in [1.54, 1.807) is 0 Å². The van der Waals surface area contributed by atoms with Gasteiger partial charge in [-0.25, -0.2) is 8.78 Å². The van der Waals surface area contributed by atoms with Crippen molar-refractivity contribution in [2.45, 2.75) is 12.8 Å². The van der Waals surface area contributed by atoms with Crippen LogP contribution in [0.2, 0.25) is 0 Å². The molecule has 0 spiro atoms. The number of amides is 1. The first-order valence-corrected chi connectivity index (χ1v) is 7.43. The highest BCUT2D eigenvalue weighted by Crippen LogP contribution is 2.35. The lowest BCUT2D eigenvalue weighted by atomic mass is 10.0. The molecule has 0 aliphatic heterocycles. The van der Waals surface area contributed by atoms with Crippen molar-refractivity contribution in [2.75, 3.05) is 5.32 Å². The fourth-order valence-electron chi connectivity index (χ4n) is 3.24. The highest BCUT2D eigenvalue weighted by atomic mass is 19.1. The molecule has 4 heteroatoms. The maximum absolute atomic E-state index is 13.3. The zero-order valence-corrected chi connectivity index (χ0v) is 12.2. The van der Waals surface area contributed by atoms with E-state index in [9.17, 15) is 13.6 Å². The van der Waals surface area contributed by atoms with E-state index in [2.05, 4.69) is 11.4 Å². The van der Waals surface area contributed by atoms with E-state index in [4.69, 9.17) is 0 Å². The highest BCUT2D eigenvalue weighted by Gasteiger charge is 2.17. The maximum Gasteiger partial charge on any atom is 0.255 e. The summed E-state index contributed by atoms with van der Waals surface area (Å²) in [5, 5.41) is 4.90. The Balaban J connectivity index is 1.75. The molecule has 0 bridgehead atoms. The molecule has 0 unspecified atom stereocenters. The molecular weight excluding hydrogens is 296 g/mol. The van der Waals surface area contributed by atoms with Crippen molar-refractivity contribution in [2.24, 2.45) is 0 Å². The summed E-state index contributed by atoms with van der Waals surface area (Å²) >= 11 is 0. The van der Waals surface area contributed by atoms with Gasteiger partial charge >= 0.3 is 0 Å². The van der Waals surface area contributed by atoms with Crippen molar-refractivity contribution in [3.05, 3.63) is 76.9 Å². The Kier molecular flexibility index (Phi) is 3.11. The minimum absolute atomic E-state index is 0.0363. The molecule has 0 saturated heterocycles. The number of aryl methyl sites for hydroxylation is 2. The summed E-state index contributed by atoms with van der Waals surface area (Å²) in [6, 6.07) is 12.7. The fourth-order valence-corrected chi connectivity index (χ4v) is 3.24. The van der Waals surface area contributed by atoms with Crippen LogP contribution in [0.3, 0.4) is 0 Å². The predicted molar refractivity (Wildman–Crippen MR) is 85.7 cm³/mol. The van der Waals surface area contributed by atoms with Crippen molar-refractivity contribution in [1.29, 1.82) is 0 Å². The molecule has 4 rings (SSSR count). The Bertz CT molecular complexity index is 919. The van der Waals surface area contributed by atoms with E-state index in [-0.39, 0.29) is 5.56 Å². The second-order valence-corrected chi connectivity index (χ2v) is 5.72. The largest absolute Gasteiger partial charge is 0.321 e. The van der Waals surface area contributed by atoms with Crippen molar-refractivity contribution in [1.82, 2.24) is 0 Å². The van der Waals surface area contributed by atoms with Crippen LogP contribution in [0.25, 0.3) is 10.8 Å². The molecule has 114 valence electrons. The molecule has 1 aliphatic rings. The van der Waals surface area contributed by atoms with Gasteiger partial charge in [-0.1, -0.05) is 24.3 Å². The molecular formula is C19H13F2NO.